The largest absolute Gasteiger partial charge is 0.373 e. The van der Waals surface area contributed by atoms with Gasteiger partial charge in [-0.05, 0) is 36.4 Å². The van der Waals surface area contributed by atoms with Crippen LogP contribution in [0.3, 0.4) is 0 Å². The molecule has 126 valence electrons. The molecule has 1 amide bonds. The maximum atomic E-state index is 12.8. The number of nitrogens with zero attached hydrogens (tertiary/aromatic N) is 2. The van der Waals surface area contributed by atoms with E-state index in [0.29, 0.717) is 13.2 Å². The van der Waals surface area contributed by atoms with Crippen molar-refractivity contribution in [3.8, 4) is 0 Å². The molecule has 0 aromatic carbocycles. The molecule has 3 atom stereocenters. The second-order valence-corrected chi connectivity index (χ2v) is 6.97. The molecule has 0 radical (unpaired) electrons. The van der Waals surface area contributed by atoms with Crippen molar-refractivity contribution < 1.29 is 14.3 Å². The Morgan fingerprint density at radius 2 is 2.38 bits per heavy atom. The molecule has 4 rings (SSSR count). The number of ether oxygens (including phenoxy) is 2. The van der Waals surface area contributed by atoms with Crippen LogP contribution in [0.1, 0.15) is 28.9 Å². The van der Waals surface area contributed by atoms with E-state index in [9.17, 15) is 4.79 Å². The number of pyridine rings is 1. The summed E-state index contributed by atoms with van der Waals surface area (Å²) >= 11 is 1.55. The molecule has 2 aromatic heterocycles. The Labute approximate surface area is 145 Å². The average molecular weight is 344 g/mol. The van der Waals surface area contributed by atoms with Crippen LogP contribution >= 0.6 is 11.3 Å². The molecular formula is C18H20N2O3S. The number of fused-ring (bicyclic) bond motifs is 1. The van der Waals surface area contributed by atoms with Crippen molar-refractivity contribution in [1.82, 2.24) is 9.88 Å². The minimum absolute atomic E-state index is 0.0370. The third kappa shape index (κ3) is 3.09. The maximum absolute atomic E-state index is 12.8. The van der Waals surface area contributed by atoms with E-state index < -0.39 is 0 Å². The molecule has 0 bridgehead atoms. The number of amides is 1. The van der Waals surface area contributed by atoms with Crippen LogP contribution in [0.5, 0.6) is 0 Å². The van der Waals surface area contributed by atoms with Crippen molar-refractivity contribution in [3.63, 3.8) is 0 Å². The van der Waals surface area contributed by atoms with Crippen LogP contribution in [0, 0.1) is 0 Å². The summed E-state index contributed by atoms with van der Waals surface area (Å²) in [6, 6.07) is 7.78. The van der Waals surface area contributed by atoms with Crippen LogP contribution in [0.4, 0.5) is 0 Å². The van der Waals surface area contributed by atoms with Gasteiger partial charge in [0.2, 0.25) is 0 Å². The minimum Gasteiger partial charge on any atom is -0.373 e. The van der Waals surface area contributed by atoms with Crippen LogP contribution < -0.4 is 0 Å². The highest BCUT2D eigenvalue weighted by molar-refractivity contribution is 7.08. The smallest absolute Gasteiger partial charge is 0.255 e. The van der Waals surface area contributed by atoms with E-state index in [1.807, 2.05) is 39.9 Å². The van der Waals surface area contributed by atoms with Gasteiger partial charge in [0.25, 0.3) is 5.91 Å². The molecule has 5 nitrogen and oxygen atoms in total. The molecule has 0 aliphatic carbocycles. The number of likely N-dealkylation sites (tertiary alicyclic amines) is 1. The summed E-state index contributed by atoms with van der Waals surface area (Å²) in [4.78, 5) is 19.0. The summed E-state index contributed by atoms with van der Waals surface area (Å²) in [5.74, 6) is 0.0840. The molecule has 2 aliphatic heterocycles. The fourth-order valence-corrected chi connectivity index (χ4v) is 4.15. The van der Waals surface area contributed by atoms with Crippen LogP contribution in [0.2, 0.25) is 0 Å². The fraction of sp³-hybridized carbons (Fsp3) is 0.444. The summed E-state index contributed by atoms with van der Waals surface area (Å²) in [5, 5.41) is 3.84. The Hall–Kier alpha value is -1.76. The van der Waals surface area contributed by atoms with Gasteiger partial charge in [-0.1, -0.05) is 6.07 Å². The highest BCUT2D eigenvalue weighted by Gasteiger charge is 2.46. The number of carbonyl (C=O) groups excluding carboxylic acids is 1. The summed E-state index contributed by atoms with van der Waals surface area (Å²) in [6.45, 7) is 1.76. The standard InChI is InChI=1S/C18H20N2O3S/c21-18(13-6-9-24-12-13)20-10-16(17-15(20)5-3-8-22-17)23-11-14-4-1-2-7-19-14/h1-2,4,6-7,9,12,15-17H,3,5,8,10-11H2/t15-,16+,17+/m1/s1. The summed E-state index contributed by atoms with van der Waals surface area (Å²) in [5.41, 5.74) is 1.65. The zero-order valence-electron chi connectivity index (χ0n) is 13.3. The topological polar surface area (TPSA) is 51.7 Å². The quantitative estimate of drug-likeness (QED) is 0.856. The summed E-state index contributed by atoms with van der Waals surface area (Å²) < 4.78 is 12.0. The Kier molecular flexibility index (Phi) is 4.60. The van der Waals surface area contributed by atoms with Crippen molar-refractivity contribution in [2.24, 2.45) is 0 Å². The zero-order valence-corrected chi connectivity index (χ0v) is 14.2. The Bertz CT molecular complexity index is 677. The number of hydrogen-bond donors (Lipinski definition) is 0. The maximum Gasteiger partial charge on any atom is 0.255 e. The van der Waals surface area contributed by atoms with E-state index >= 15 is 0 Å². The van der Waals surface area contributed by atoms with Crippen molar-refractivity contribution >= 4 is 17.2 Å². The van der Waals surface area contributed by atoms with Gasteiger partial charge in [-0.3, -0.25) is 9.78 Å². The molecule has 2 saturated heterocycles. The molecule has 2 fully saturated rings. The van der Waals surface area contributed by atoms with Crippen molar-refractivity contribution in [1.29, 1.82) is 0 Å². The van der Waals surface area contributed by atoms with Gasteiger partial charge in [0.05, 0.1) is 30.5 Å². The van der Waals surface area contributed by atoms with Gasteiger partial charge in [0, 0.05) is 18.2 Å². The molecule has 2 aliphatic rings. The average Bonchev–Trinajstić information content (AvgIpc) is 3.29. The first-order chi connectivity index (χ1) is 11.8. The SMILES string of the molecule is O=C(c1ccsc1)N1C[C@H](OCc2ccccn2)[C@H]2OCCC[C@H]21. The monoisotopic (exact) mass is 344 g/mol. The first kappa shape index (κ1) is 15.7. The Morgan fingerprint density at radius 1 is 1.42 bits per heavy atom. The number of thiophene rings is 1. The van der Waals surface area contributed by atoms with Gasteiger partial charge >= 0.3 is 0 Å². The van der Waals surface area contributed by atoms with E-state index in [2.05, 4.69) is 4.98 Å². The molecule has 6 heteroatoms. The van der Waals surface area contributed by atoms with Crippen molar-refractivity contribution in [2.45, 2.75) is 37.7 Å². The Balaban J connectivity index is 1.48. The van der Waals surface area contributed by atoms with Gasteiger partial charge in [0.1, 0.15) is 12.2 Å². The van der Waals surface area contributed by atoms with Crippen LogP contribution in [-0.4, -0.2) is 47.2 Å². The molecule has 2 aromatic rings. The molecular weight excluding hydrogens is 324 g/mol. The second-order valence-electron chi connectivity index (χ2n) is 6.19. The predicted molar refractivity (Wildman–Crippen MR) is 90.9 cm³/mol. The van der Waals surface area contributed by atoms with Crippen molar-refractivity contribution in [2.75, 3.05) is 13.2 Å². The number of aromatic nitrogens is 1. The van der Waals surface area contributed by atoms with E-state index in [4.69, 9.17) is 9.47 Å². The lowest BCUT2D eigenvalue weighted by molar-refractivity contribution is -0.0814. The zero-order chi connectivity index (χ0) is 16.4. The number of carbonyl (C=O) groups is 1. The van der Waals surface area contributed by atoms with E-state index in [-0.39, 0.29) is 24.2 Å². The van der Waals surface area contributed by atoms with E-state index in [1.54, 1.807) is 17.5 Å². The minimum atomic E-state index is -0.0973. The van der Waals surface area contributed by atoms with Crippen molar-refractivity contribution in [3.05, 3.63) is 52.5 Å². The predicted octanol–water partition coefficient (Wildman–Crippen LogP) is 2.73. The van der Waals surface area contributed by atoms with Gasteiger partial charge in [-0.25, -0.2) is 0 Å². The third-order valence-corrected chi connectivity index (χ3v) is 5.36. The first-order valence-corrected chi connectivity index (χ1v) is 9.23. The molecule has 0 spiro atoms. The van der Waals surface area contributed by atoms with Gasteiger partial charge in [0.15, 0.2) is 0 Å². The second kappa shape index (κ2) is 7.01. The lowest BCUT2D eigenvalue weighted by Crippen LogP contribution is -2.43. The van der Waals surface area contributed by atoms with Gasteiger partial charge < -0.3 is 14.4 Å². The molecule has 4 heterocycles. The lowest BCUT2D eigenvalue weighted by Gasteiger charge is -2.32. The molecule has 0 saturated carbocycles. The van der Waals surface area contributed by atoms with Gasteiger partial charge in [-0.2, -0.15) is 11.3 Å². The highest BCUT2D eigenvalue weighted by Crippen LogP contribution is 2.32. The van der Waals surface area contributed by atoms with Crippen LogP contribution in [0.25, 0.3) is 0 Å². The number of rotatable bonds is 4. The van der Waals surface area contributed by atoms with Crippen LogP contribution in [0.15, 0.2) is 41.2 Å². The first-order valence-electron chi connectivity index (χ1n) is 8.29. The fourth-order valence-electron chi connectivity index (χ4n) is 3.52. The van der Waals surface area contributed by atoms with Crippen LogP contribution in [-0.2, 0) is 16.1 Å². The summed E-state index contributed by atoms with van der Waals surface area (Å²) in [6.07, 6.45) is 3.59. The van der Waals surface area contributed by atoms with E-state index in [0.717, 1.165) is 30.7 Å². The third-order valence-electron chi connectivity index (χ3n) is 4.68. The number of hydrogen-bond acceptors (Lipinski definition) is 5. The molecule has 0 unspecified atom stereocenters. The van der Waals surface area contributed by atoms with Gasteiger partial charge in [-0.15, -0.1) is 0 Å². The molecule has 24 heavy (non-hydrogen) atoms. The lowest BCUT2D eigenvalue weighted by atomic mass is 10.0. The summed E-state index contributed by atoms with van der Waals surface area (Å²) in [7, 11) is 0. The molecule has 0 N–H and O–H groups in total. The highest BCUT2D eigenvalue weighted by atomic mass is 32.1. The normalized spacial score (nSPS) is 26.3. The van der Waals surface area contributed by atoms with E-state index in [1.165, 1.54) is 0 Å². The Morgan fingerprint density at radius 3 is 3.17 bits per heavy atom.